The van der Waals surface area contributed by atoms with E-state index in [2.05, 4.69) is 17.6 Å². The van der Waals surface area contributed by atoms with Gasteiger partial charge in [0.15, 0.2) is 0 Å². The number of pyridine rings is 1. The summed E-state index contributed by atoms with van der Waals surface area (Å²) in [4.78, 5) is 6.27. The normalized spacial score (nSPS) is 9.21. The minimum Gasteiger partial charge on any atom is -0.356 e. The Kier molecular flexibility index (Phi) is 3.24. The number of nitrogens with zero attached hydrogens (tertiary/aromatic N) is 3. The summed E-state index contributed by atoms with van der Waals surface area (Å²) in [7, 11) is 1.92. The highest BCUT2D eigenvalue weighted by Gasteiger charge is 2.03. The fourth-order valence-electron chi connectivity index (χ4n) is 1.20. The molecule has 0 amide bonds. The molecule has 3 heteroatoms. The van der Waals surface area contributed by atoms with Crippen LogP contribution in [-0.2, 0) is 0 Å². The van der Waals surface area contributed by atoms with E-state index < -0.39 is 0 Å². The topological polar surface area (TPSA) is 39.9 Å². The van der Waals surface area contributed by atoms with Crippen molar-refractivity contribution in [3.8, 4) is 6.07 Å². The molecule has 1 aromatic heterocycles. The van der Waals surface area contributed by atoms with E-state index in [9.17, 15) is 0 Å². The average molecular weight is 187 g/mol. The van der Waals surface area contributed by atoms with Gasteiger partial charge in [-0.15, -0.1) is 6.58 Å². The van der Waals surface area contributed by atoms with Crippen molar-refractivity contribution in [3.05, 3.63) is 36.0 Å². The number of nitriles is 1. The van der Waals surface area contributed by atoms with Crippen LogP contribution < -0.4 is 4.90 Å². The van der Waals surface area contributed by atoms with Gasteiger partial charge in [-0.3, -0.25) is 0 Å². The molecule has 3 nitrogen and oxygen atoms in total. The van der Waals surface area contributed by atoms with Crippen molar-refractivity contribution >= 4 is 5.82 Å². The van der Waals surface area contributed by atoms with Crippen LogP contribution in [0.25, 0.3) is 0 Å². The summed E-state index contributed by atoms with van der Waals surface area (Å²) in [6, 6.07) is 5.66. The molecule has 0 spiro atoms. The van der Waals surface area contributed by atoms with Crippen molar-refractivity contribution in [2.24, 2.45) is 0 Å². The molecule has 0 N–H and O–H groups in total. The first-order chi connectivity index (χ1) is 6.67. The number of anilines is 1. The molecule has 0 saturated heterocycles. The third-order valence-corrected chi connectivity index (χ3v) is 1.86. The fraction of sp³-hybridized carbons (Fsp3) is 0.273. The Balaban J connectivity index is 3.03. The van der Waals surface area contributed by atoms with Gasteiger partial charge in [-0.2, -0.15) is 5.26 Å². The molecule has 0 aliphatic heterocycles. The molecule has 1 heterocycles. The Labute approximate surface area is 84.3 Å². The highest BCUT2D eigenvalue weighted by molar-refractivity contribution is 5.46. The van der Waals surface area contributed by atoms with E-state index in [1.165, 1.54) is 0 Å². The van der Waals surface area contributed by atoms with Gasteiger partial charge in [0, 0.05) is 19.3 Å². The third kappa shape index (κ3) is 2.33. The van der Waals surface area contributed by atoms with Gasteiger partial charge >= 0.3 is 0 Å². The van der Waals surface area contributed by atoms with Crippen molar-refractivity contribution in [1.29, 1.82) is 5.26 Å². The van der Waals surface area contributed by atoms with Crippen LogP contribution in [0.4, 0.5) is 5.82 Å². The second-order valence-corrected chi connectivity index (χ2v) is 3.14. The van der Waals surface area contributed by atoms with Crippen LogP contribution in [0, 0.1) is 18.3 Å². The summed E-state index contributed by atoms with van der Waals surface area (Å²) in [5, 5.41) is 8.78. The van der Waals surface area contributed by atoms with E-state index in [-0.39, 0.29) is 0 Å². The number of hydrogen-bond donors (Lipinski definition) is 0. The summed E-state index contributed by atoms with van der Waals surface area (Å²) in [5.41, 5.74) is 1.50. The molecule has 14 heavy (non-hydrogen) atoms. The van der Waals surface area contributed by atoms with Crippen LogP contribution >= 0.6 is 0 Å². The summed E-state index contributed by atoms with van der Waals surface area (Å²) in [6.07, 6.45) is 1.80. The van der Waals surface area contributed by atoms with E-state index in [1.54, 1.807) is 18.2 Å². The van der Waals surface area contributed by atoms with Crippen molar-refractivity contribution in [2.45, 2.75) is 6.92 Å². The van der Waals surface area contributed by atoms with Crippen LogP contribution in [0.2, 0.25) is 0 Å². The molecule has 72 valence electrons. The zero-order valence-corrected chi connectivity index (χ0v) is 8.49. The van der Waals surface area contributed by atoms with Crippen molar-refractivity contribution < 1.29 is 0 Å². The van der Waals surface area contributed by atoms with Crippen LogP contribution in [0.1, 0.15) is 11.3 Å². The predicted molar refractivity (Wildman–Crippen MR) is 57.2 cm³/mol. The monoisotopic (exact) mass is 187 g/mol. The van der Waals surface area contributed by atoms with Gasteiger partial charge in [0.05, 0.1) is 11.6 Å². The smallest absolute Gasteiger partial charge is 0.130 e. The van der Waals surface area contributed by atoms with Gasteiger partial charge in [0.1, 0.15) is 5.82 Å². The highest BCUT2D eigenvalue weighted by atomic mass is 15.2. The largest absolute Gasteiger partial charge is 0.356 e. The van der Waals surface area contributed by atoms with Crippen LogP contribution in [0.5, 0.6) is 0 Å². The first kappa shape index (κ1) is 10.3. The fourth-order valence-corrected chi connectivity index (χ4v) is 1.20. The first-order valence-corrected chi connectivity index (χ1v) is 4.38. The lowest BCUT2D eigenvalue weighted by atomic mass is 10.2. The van der Waals surface area contributed by atoms with Gasteiger partial charge in [0.25, 0.3) is 0 Å². The Morgan fingerprint density at radius 2 is 2.36 bits per heavy atom. The molecule has 1 rings (SSSR count). The van der Waals surface area contributed by atoms with E-state index in [0.29, 0.717) is 5.56 Å². The van der Waals surface area contributed by atoms with E-state index in [0.717, 1.165) is 18.1 Å². The summed E-state index contributed by atoms with van der Waals surface area (Å²) in [6.45, 7) is 6.26. The molecule has 0 atom stereocenters. The molecule has 0 unspecified atom stereocenters. The molecule has 0 radical (unpaired) electrons. The maximum Gasteiger partial charge on any atom is 0.130 e. The predicted octanol–water partition coefficient (Wildman–Crippen LogP) is 1.88. The number of aromatic nitrogens is 1. The summed E-state index contributed by atoms with van der Waals surface area (Å²) < 4.78 is 0. The number of rotatable bonds is 3. The van der Waals surface area contributed by atoms with Crippen LogP contribution in [-0.4, -0.2) is 18.6 Å². The lowest BCUT2D eigenvalue weighted by Gasteiger charge is -2.16. The van der Waals surface area contributed by atoms with Crippen molar-refractivity contribution in [1.82, 2.24) is 4.98 Å². The molecule has 0 aromatic carbocycles. The van der Waals surface area contributed by atoms with E-state index >= 15 is 0 Å². The molecule has 1 aromatic rings. The van der Waals surface area contributed by atoms with Crippen LogP contribution in [0.3, 0.4) is 0 Å². The van der Waals surface area contributed by atoms with Crippen molar-refractivity contribution in [2.75, 3.05) is 18.5 Å². The Morgan fingerprint density at radius 3 is 2.93 bits per heavy atom. The molecular formula is C11H13N3. The quantitative estimate of drug-likeness (QED) is 0.678. The second-order valence-electron chi connectivity index (χ2n) is 3.14. The minimum atomic E-state index is 0.642. The zero-order chi connectivity index (χ0) is 10.6. The lowest BCUT2D eigenvalue weighted by molar-refractivity contribution is 0.977. The average Bonchev–Trinajstić information content (AvgIpc) is 2.17. The van der Waals surface area contributed by atoms with Gasteiger partial charge in [-0.25, -0.2) is 4.98 Å². The SMILES string of the molecule is C=CCN(C)c1cc(C#N)cc(C)n1. The molecule has 0 fully saturated rings. The summed E-state index contributed by atoms with van der Waals surface area (Å²) in [5.74, 6) is 0.807. The first-order valence-electron chi connectivity index (χ1n) is 4.38. The maximum absolute atomic E-state index is 8.78. The zero-order valence-electron chi connectivity index (χ0n) is 8.49. The lowest BCUT2D eigenvalue weighted by Crippen LogP contribution is -2.18. The Morgan fingerprint density at radius 1 is 1.64 bits per heavy atom. The van der Waals surface area contributed by atoms with E-state index in [4.69, 9.17) is 5.26 Å². The van der Waals surface area contributed by atoms with Gasteiger partial charge in [-0.05, 0) is 19.1 Å². The second kappa shape index (κ2) is 4.43. The standard InChI is InChI=1S/C11H13N3/c1-4-5-14(3)11-7-10(8-12)6-9(2)13-11/h4,6-7H,1,5H2,2-3H3. The third-order valence-electron chi connectivity index (χ3n) is 1.86. The molecule has 0 saturated carbocycles. The summed E-state index contributed by atoms with van der Waals surface area (Å²) >= 11 is 0. The van der Waals surface area contributed by atoms with Crippen molar-refractivity contribution in [3.63, 3.8) is 0 Å². The van der Waals surface area contributed by atoms with Gasteiger partial charge < -0.3 is 4.90 Å². The van der Waals surface area contributed by atoms with Gasteiger partial charge in [-0.1, -0.05) is 6.08 Å². The Hall–Kier alpha value is -1.82. The van der Waals surface area contributed by atoms with E-state index in [1.807, 2.05) is 18.9 Å². The molecule has 0 aliphatic carbocycles. The minimum absolute atomic E-state index is 0.642. The number of aryl methyl sites for hydroxylation is 1. The highest BCUT2D eigenvalue weighted by Crippen LogP contribution is 2.12. The number of hydrogen-bond acceptors (Lipinski definition) is 3. The molecular weight excluding hydrogens is 174 g/mol. The molecule has 0 bridgehead atoms. The maximum atomic E-state index is 8.78. The van der Waals surface area contributed by atoms with Gasteiger partial charge in [0.2, 0.25) is 0 Å². The number of likely N-dealkylation sites (N-methyl/N-ethyl adjacent to an activating group) is 1. The van der Waals surface area contributed by atoms with Crippen LogP contribution in [0.15, 0.2) is 24.8 Å². The molecule has 0 aliphatic rings. The Bertz CT molecular complexity index is 377.